The maximum atomic E-state index is 11.4. The van der Waals surface area contributed by atoms with Crippen molar-refractivity contribution in [2.75, 3.05) is 20.5 Å². The molecule has 0 aliphatic carbocycles. The van der Waals surface area contributed by atoms with E-state index in [2.05, 4.69) is 0 Å². The largest absolute Gasteiger partial charge is 0.504 e. The lowest BCUT2D eigenvalue weighted by atomic mass is 9.93. The molecule has 0 fully saturated rings. The van der Waals surface area contributed by atoms with Gasteiger partial charge in [0.15, 0.2) is 23.0 Å². The molecule has 0 saturated carbocycles. The summed E-state index contributed by atoms with van der Waals surface area (Å²) in [6.45, 7) is 2.18. The Bertz CT molecular complexity index is 1550. The number of aromatic hydroxyl groups is 1. The molecular weight excluding hydrogens is 528 g/mol. The molecule has 0 aromatic heterocycles. The van der Waals surface area contributed by atoms with Gasteiger partial charge in [-0.3, -0.25) is 0 Å². The van der Waals surface area contributed by atoms with E-state index in [0.717, 1.165) is 11.8 Å². The van der Waals surface area contributed by atoms with E-state index in [-0.39, 0.29) is 17.2 Å². The lowest BCUT2D eigenvalue weighted by molar-refractivity contribution is 0.284. The van der Waals surface area contributed by atoms with Gasteiger partial charge in [0.25, 0.3) is 0 Å². The highest BCUT2D eigenvalue weighted by atomic mass is 35.5. The van der Waals surface area contributed by atoms with Crippen molar-refractivity contribution in [3.05, 3.63) is 88.9 Å². The van der Waals surface area contributed by atoms with Crippen LogP contribution in [-0.4, -0.2) is 34.0 Å². The van der Waals surface area contributed by atoms with Crippen LogP contribution in [0, 0.1) is 6.92 Å². The Morgan fingerprint density at radius 1 is 0.842 bits per heavy atom. The second-order valence-corrected chi connectivity index (χ2v) is 10.5. The Morgan fingerprint density at radius 3 is 2.11 bits per heavy atom. The van der Waals surface area contributed by atoms with E-state index >= 15 is 0 Å². The number of phenols is 1. The van der Waals surface area contributed by atoms with Gasteiger partial charge >= 0.3 is 10.1 Å². The number of rotatable bonds is 9. The van der Waals surface area contributed by atoms with E-state index in [1.54, 1.807) is 38.3 Å². The molecule has 0 saturated heterocycles. The van der Waals surface area contributed by atoms with Gasteiger partial charge in [-0.25, -0.2) is 0 Å². The van der Waals surface area contributed by atoms with Gasteiger partial charge in [-0.1, -0.05) is 60.1 Å². The molecule has 4 aromatic carbocycles. The second kappa shape index (κ2) is 11.2. The van der Waals surface area contributed by atoms with Crippen molar-refractivity contribution in [2.24, 2.45) is 0 Å². The van der Waals surface area contributed by atoms with Crippen molar-refractivity contribution in [1.82, 2.24) is 0 Å². The molecule has 9 heteroatoms. The summed E-state index contributed by atoms with van der Waals surface area (Å²) in [5.74, 6) is 1.29. The van der Waals surface area contributed by atoms with Crippen LogP contribution in [0.3, 0.4) is 0 Å². The average Bonchev–Trinajstić information content (AvgIpc) is 2.90. The zero-order chi connectivity index (χ0) is 27.4. The van der Waals surface area contributed by atoms with E-state index in [0.29, 0.717) is 50.9 Å². The Kier molecular flexibility index (Phi) is 8.04. The number of methoxy groups -OCH3 is 2. The van der Waals surface area contributed by atoms with Gasteiger partial charge in [0.05, 0.1) is 25.5 Å². The van der Waals surface area contributed by atoms with Crippen molar-refractivity contribution < 1.29 is 31.9 Å². The minimum absolute atomic E-state index is 0.0964. The lowest BCUT2D eigenvalue weighted by Crippen LogP contribution is -2.05. The lowest BCUT2D eigenvalue weighted by Gasteiger charge is -2.20. The molecular formula is C29H27ClO7S. The van der Waals surface area contributed by atoms with Gasteiger partial charge in [-0.2, -0.15) is 8.42 Å². The number of hydrogen-bond donors (Lipinski definition) is 1. The fourth-order valence-electron chi connectivity index (χ4n) is 4.15. The van der Waals surface area contributed by atoms with Crippen molar-refractivity contribution >= 4 is 21.7 Å². The highest BCUT2D eigenvalue weighted by molar-refractivity contribution is 7.86. The van der Waals surface area contributed by atoms with Crippen molar-refractivity contribution in [3.63, 3.8) is 0 Å². The Hall–Kier alpha value is -3.88. The first-order chi connectivity index (χ1) is 18.1. The van der Waals surface area contributed by atoms with Crippen molar-refractivity contribution in [3.8, 4) is 51.0 Å². The van der Waals surface area contributed by atoms with E-state index < -0.39 is 10.1 Å². The minimum Gasteiger partial charge on any atom is -0.504 e. The maximum absolute atomic E-state index is 11.4. The van der Waals surface area contributed by atoms with Gasteiger partial charge in [-0.05, 0) is 53.4 Å². The Morgan fingerprint density at radius 2 is 1.50 bits per heavy atom. The molecule has 0 aliphatic heterocycles. The average molecular weight is 555 g/mol. The van der Waals surface area contributed by atoms with Gasteiger partial charge < -0.3 is 23.5 Å². The van der Waals surface area contributed by atoms with Crippen molar-refractivity contribution in [2.45, 2.75) is 13.5 Å². The van der Waals surface area contributed by atoms with E-state index in [4.69, 9.17) is 30.0 Å². The first-order valence-electron chi connectivity index (χ1n) is 11.6. The predicted molar refractivity (Wildman–Crippen MR) is 148 cm³/mol. The third kappa shape index (κ3) is 5.82. The molecule has 0 unspecified atom stereocenters. The Labute approximate surface area is 227 Å². The molecule has 4 rings (SSSR count). The quantitative estimate of drug-likeness (QED) is 0.232. The number of ether oxygens (including phenoxy) is 3. The molecule has 1 N–H and O–H groups in total. The molecule has 0 atom stereocenters. The maximum Gasteiger partial charge on any atom is 0.306 e. The molecule has 0 heterocycles. The number of halogens is 1. The monoisotopic (exact) mass is 554 g/mol. The van der Waals surface area contributed by atoms with Gasteiger partial charge in [0, 0.05) is 11.1 Å². The summed E-state index contributed by atoms with van der Waals surface area (Å²) in [5.41, 5.74) is 3.87. The first-order valence-corrected chi connectivity index (χ1v) is 13.8. The predicted octanol–water partition coefficient (Wildman–Crippen LogP) is 6.62. The molecule has 4 aromatic rings. The molecule has 38 heavy (non-hydrogen) atoms. The number of hydrogen-bond acceptors (Lipinski definition) is 7. The van der Waals surface area contributed by atoms with Crippen LogP contribution in [0.5, 0.6) is 28.7 Å². The SMILES string of the molecule is COc1cc(-c2c(C)c(Cl)c(-c3ccc(OS(C)(=O)=O)cc3)c(OC)c2O)ccc1OCc1ccccc1. The highest BCUT2D eigenvalue weighted by Crippen LogP contribution is 2.51. The van der Waals surface area contributed by atoms with Gasteiger partial charge in [0.1, 0.15) is 12.4 Å². The van der Waals surface area contributed by atoms with Crippen molar-refractivity contribution in [1.29, 1.82) is 0 Å². The zero-order valence-electron chi connectivity index (χ0n) is 21.3. The van der Waals surface area contributed by atoms with Crippen LogP contribution in [0.25, 0.3) is 22.3 Å². The molecule has 0 amide bonds. The molecule has 0 bridgehead atoms. The minimum atomic E-state index is -3.66. The fourth-order valence-corrected chi connectivity index (χ4v) is 4.90. The van der Waals surface area contributed by atoms with Gasteiger partial charge in [-0.15, -0.1) is 0 Å². The van der Waals surface area contributed by atoms with Crippen LogP contribution >= 0.6 is 11.6 Å². The Balaban J connectivity index is 1.73. The summed E-state index contributed by atoms with van der Waals surface area (Å²) in [4.78, 5) is 0. The summed E-state index contributed by atoms with van der Waals surface area (Å²) in [7, 11) is -0.671. The van der Waals surface area contributed by atoms with Crippen LogP contribution in [0.1, 0.15) is 11.1 Å². The topological polar surface area (TPSA) is 91.3 Å². The first kappa shape index (κ1) is 27.2. The smallest absolute Gasteiger partial charge is 0.306 e. The summed E-state index contributed by atoms with van der Waals surface area (Å²) < 4.78 is 44.9. The summed E-state index contributed by atoms with van der Waals surface area (Å²) in [6.07, 6.45) is 0.970. The zero-order valence-corrected chi connectivity index (χ0v) is 22.9. The van der Waals surface area contributed by atoms with Gasteiger partial charge in [0.2, 0.25) is 0 Å². The van der Waals surface area contributed by atoms with Crippen LogP contribution in [0.15, 0.2) is 72.8 Å². The van der Waals surface area contributed by atoms with E-state index in [1.165, 1.54) is 19.2 Å². The summed E-state index contributed by atoms with van der Waals surface area (Å²) in [6, 6.07) is 21.5. The second-order valence-electron chi connectivity index (χ2n) is 8.52. The number of benzene rings is 4. The summed E-state index contributed by atoms with van der Waals surface area (Å²) in [5, 5.41) is 11.7. The van der Waals surface area contributed by atoms with Crippen LogP contribution in [-0.2, 0) is 16.7 Å². The molecule has 198 valence electrons. The number of phenolic OH excluding ortho intramolecular Hbond substituents is 1. The van der Waals surface area contributed by atoms with E-state index in [9.17, 15) is 13.5 Å². The third-order valence-electron chi connectivity index (χ3n) is 5.89. The fraction of sp³-hybridized carbons (Fsp3) is 0.172. The van der Waals surface area contributed by atoms with E-state index in [1.807, 2.05) is 36.4 Å². The van der Waals surface area contributed by atoms with Crippen LogP contribution in [0.4, 0.5) is 0 Å². The molecule has 0 aliphatic rings. The van der Waals surface area contributed by atoms with Crippen LogP contribution < -0.4 is 18.4 Å². The molecule has 0 radical (unpaired) electrons. The third-order valence-corrected chi connectivity index (χ3v) is 6.85. The molecule has 7 nitrogen and oxygen atoms in total. The van der Waals surface area contributed by atoms with Crippen LogP contribution in [0.2, 0.25) is 5.02 Å². The summed E-state index contributed by atoms with van der Waals surface area (Å²) >= 11 is 6.83. The normalized spacial score (nSPS) is 11.2. The standard InChI is InChI=1S/C29H27ClO7S/c1-18-25(21-12-15-23(24(16-21)34-2)36-17-19-8-6-5-7-9-19)28(31)29(35-3)26(27(18)30)20-10-13-22(14-11-20)37-38(4,32)33/h5-16,31H,17H2,1-4H3. The highest BCUT2D eigenvalue weighted by Gasteiger charge is 2.24. The molecule has 0 spiro atoms.